The van der Waals surface area contributed by atoms with Crippen molar-refractivity contribution in [2.75, 3.05) is 6.61 Å². The van der Waals surface area contributed by atoms with Gasteiger partial charge >= 0.3 is 12.0 Å². The molecular formula is C11H18N2O3. The van der Waals surface area contributed by atoms with Gasteiger partial charge in [0.15, 0.2) is 0 Å². The molecule has 5 nitrogen and oxygen atoms in total. The van der Waals surface area contributed by atoms with Gasteiger partial charge in [0, 0.05) is 5.70 Å². The van der Waals surface area contributed by atoms with Gasteiger partial charge in [-0.25, -0.2) is 9.59 Å². The fourth-order valence-corrected chi connectivity index (χ4v) is 1.74. The quantitative estimate of drug-likeness (QED) is 0.710. The minimum Gasteiger partial charge on any atom is -0.463 e. The fraction of sp³-hybridized carbons (Fsp3) is 0.636. The van der Waals surface area contributed by atoms with Gasteiger partial charge < -0.3 is 15.4 Å². The molecular weight excluding hydrogens is 208 g/mol. The van der Waals surface area contributed by atoms with Gasteiger partial charge in [0.1, 0.15) is 0 Å². The van der Waals surface area contributed by atoms with Crippen molar-refractivity contribution < 1.29 is 14.3 Å². The Hall–Kier alpha value is -1.52. The largest absolute Gasteiger partial charge is 0.463 e. The van der Waals surface area contributed by atoms with Crippen LogP contribution in [0, 0.1) is 0 Å². The summed E-state index contributed by atoms with van der Waals surface area (Å²) in [4.78, 5) is 23.1. The Morgan fingerprint density at radius 3 is 2.56 bits per heavy atom. The van der Waals surface area contributed by atoms with Crippen LogP contribution in [-0.4, -0.2) is 24.6 Å². The van der Waals surface area contributed by atoms with Crippen molar-refractivity contribution in [3.63, 3.8) is 0 Å². The van der Waals surface area contributed by atoms with Crippen LogP contribution >= 0.6 is 0 Å². The van der Waals surface area contributed by atoms with Gasteiger partial charge in [-0.3, -0.25) is 0 Å². The smallest absolute Gasteiger partial charge is 0.337 e. The first kappa shape index (κ1) is 12.5. The Kier molecular flexibility index (Phi) is 4.34. The monoisotopic (exact) mass is 226 g/mol. The highest BCUT2D eigenvalue weighted by atomic mass is 16.5. The Balaban J connectivity index is 3.02. The number of hydrogen-bond acceptors (Lipinski definition) is 3. The summed E-state index contributed by atoms with van der Waals surface area (Å²) in [5.74, 6) is -0.348. The van der Waals surface area contributed by atoms with Crippen LogP contribution in [0.15, 0.2) is 11.3 Å². The van der Waals surface area contributed by atoms with Crippen molar-refractivity contribution in [1.29, 1.82) is 0 Å². The first-order chi connectivity index (χ1) is 7.63. The van der Waals surface area contributed by atoms with E-state index in [1.807, 2.05) is 13.8 Å². The molecule has 0 fully saturated rings. The average Bonchev–Trinajstić information content (AvgIpc) is 2.27. The number of rotatable bonds is 4. The molecule has 0 aromatic rings. The molecule has 1 aliphatic rings. The zero-order chi connectivity index (χ0) is 12.1. The van der Waals surface area contributed by atoms with Crippen LogP contribution in [0.1, 0.15) is 33.6 Å². The summed E-state index contributed by atoms with van der Waals surface area (Å²) in [6, 6.07) is -0.500. The molecule has 90 valence electrons. The van der Waals surface area contributed by atoms with Gasteiger partial charge in [0.2, 0.25) is 0 Å². The number of allylic oxidation sites excluding steroid dienone is 1. The number of esters is 1. The number of ether oxygens (including phenoxy) is 1. The second kappa shape index (κ2) is 5.53. The Bertz CT molecular complexity index is 323. The molecule has 0 spiro atoms. The maximum atomic E-state index is 11.8. The van der Waals surface area contributed by atoms with Crippen molar-refractivity contribution in [3.05, 3.63) is 11.3 Å². The first-order valence-corrected chi connectivity index (χ1v) is 5.61. The summed E-state index contributed by atoms with van der Waals surface area (Å²) in [6.07, 6.45) is 1.28. The van der Waals surface area contributed by atoms with Crippen molar-refractivity contribution in [1.82, 2.24) is 10.6 Å². The zero-order valence-electron chi connectivity index (χ0n) is 9.92. The SMILES string of the molecule is CCOC(=O)C1=C(CC)NC(=O)NC1CC. The Labute approximate surface area is 95.2 Å². The lowest BCUT2D eigenvalue weighted by atomic mass is 9.99. The van der Waals surface area contributed by atoms with Crippen molar-refractivity contribution in [3.8, 4) is 0 Å². The highest BCUT2D eigenvalue weighted by Crippen LogP contribution is 2.18. The third-order valence-electron chi connectivity index (χ3n) is 2.50. The van der Waals surface area contributed by atoms with E-state index in [4.69, 9.17) is 4.74 Å². The molecule has 1 rings (SSSR count). The molecule has 0 saturated carbocycles. The van der Waals surface area contributed by atoms with Gasteiger partial charge in [-0.2, -0.15) is 0 Å². The highest BCUT2D eigenvalue weighted by Gasteiger charge is 2.30. The van der Waals surface area contributed by atoms with Crippen LogP contribution in [0.25, 0.3) is 0 Å². The number of nitrogens with one attached hydrogen (secondary N) is 2. The van der Waals surface area contributed by atoms with Gasteiger partial charge in [-0.15, -0.1) is 0 Å². The number of carbonyl (C=O) groups is 2. The van der Waals surface area contributed by atoms with E-state index in [0.717, 1.165) is 0 Å². The molecule has 1 unspecified atom stereocenters. The van der Waals surface area contributed by atoms with Gasteiger partial charge in [-0.05, 0) is 19.8 Å². The summed E-state index contributed by atoms with van der Waals surface area (Å²) >= 11 is 0. The first-order valence-electron chi connectivity index (χ1n) is 5.61. The zero-order valence-corrected chi connectivity index (χ0v) is 9.92. The van der Waals surface area contributed by atoms with Crippen molar-refractivity contribution in [2.45, 2.75) is 39.7 Å². The topological polar surface area (TPSA) is 67.4 Å². The normalized spacial score (nSPS) is 20.2. The van der Waals surface area contributed by atoms with Crippen LogP contribution in [0.5, 0.6) is 0 Å². The summed E-state index contributed by atoms with van der Waals surface area (Å²) in [5, 5.41) is 5.36. The van der Waals surface area contributed by atoms with Gasteiger partial charge in [0.25, 0.3) is 0 Å². The number of amides is 2. The molecule has 1 aliphatic heterocycles. The average molecular weight is 226 g/mol. The maximum Gasteiger partial charge on any atom is 0.337 e. The standard InChI is InChI=1S/C11H18N2O3/c1-4-7-9(10(14)16-6-3)8(5-2)13-11(15)12-7/h7H,4-6H2,1-3H3,(H2,12,13,15). The molecule has 0 aromatic carbocycles. The van der Waals surface area contributed by atoms with E-state index in [1.165, 1.54) is 0 Å². The summed E-state index contributed by atoms with van der Waals surface area (Å²) < 4.78 is 4.99. The third-order valence-corrected chi connectivity index (χ3v) is 2.50. The van der Waals surface area contributed by atoms with Crippen LogP contribution < -0.4 is 10.6 Å². The molecule has 0 bridgehead atoms. The molecule has 2 N–H and O–H groups in total. The van der Waals surface area contributed by atoms with Crippen LogP contribution in [0.3, 0.4) is 0 Å². The van der Waals surface area contributed by atoms with Crippen LogP contribution in [0.4, 0.5) is 4.79 Å². The minimum absolute atomic E-state index is 0.247. The molecule has 5 heteroatoms. The molecule has 0 radical (unpaired) electrons. The summed E-state index contributed by atoms with van der Waals surface area (Å²) in [6.45, 7) is 5.92. The summed E-state index contributed by atoms with van der Waals surface area (Å²) in [5.41, 5.74) is 1.21. The lowest BCUT2D eigenvalue weighted by molar-refractivity contribution is -0.139. The second-order valence-electron chi connectivity index (χ2n) is 3.53. The van der Waals surface area contributed by atoms with Gasteiger partial charge in [-0.1, -0.05) is 13.8 Å². The molecule has 0 aliphatic carbocycles. The van der Waals surface area contributed by atoms with E-state index in [1.54, 1.807) is 6.92 Å². The number of hydrogen-bond donors (Lipinski definition) is 2. The predicted molar refractivity (Wildman–Crippen MR) is 59.7 cm³/mol. The van der Waals surface area contributed by atoms with Crippen molar-refractivity contribution in [2.24, 2.45) is 0 Å². The molecule has 0 aromatic heterocycles. The molecule has 0 saturated heterocycles. The fourth-order valence-electron chi connectivity index (χ4n) is 1.74. The van der Waals surface area contributed by atoms with E-state index in [2.05, 4.69) is 10.6 Å². The Morgan fingerprint density at radius 2 is 2.06 bits per heavy atom. The van der Waals surface area contributed by atoms with Crippen LogP contribution in [-0.2, 0) is 9.53 Å². The number of carbonyl (C=O) groups excluding carboxylic acids is 2. The number of urea groups is 1. The van der Waals surface area contributed by atoms with Crippen molar-refractivity contribution >= 4 is 12.0 Å². The molecule has 16 heavy (non-hydrogen) atoms. The maximum absolute atomic E-state index is 11.8. The van der Waals surface area contributed by atoms with E-state index in [0.29, 0.717) is 30.7 Å². The molecule has 1 atom stereocenters. The van der Waals surface area contributed by atoms with Gasteiger partial charge in [0.05, 0.1) is 18.2 Å². The van der Waals surface area contributed by atoms with E-state index < -0.39 is 0 Å². The minimum atomic E-state index is -0.348. The summed E-state index contributed by atoms with van der Waals surface area (Å²) in [7, 11) is 0. The Morgan fingerprint density at radius 1 is 1.38 bits per heavy atom. The second-order valence-corrected chi connectivity index (χ2v) is 3.53. The molecule has 2 amide bonds. The lowest BCUT2D eigenvalue weighted by Crippen LogP contribution is -2.50. The third kappa shape index (κ3) is 2.53. The van der Waals surface area contributed by atoms with E-state index in [-0.39, 0.29) is 18.0 Å². The highest BCUT2D eigenvalue weighted by molar-refractivity contribution is 5.94. The predicted octanol–water partition coefficient (Wildman–Crippen LogP) is 1.30. The lowest BCUT2D eigenvalue weighted by Gasteiger charge is -2.27. The van der Waals surface area contributed by atoms with E-state index in [9.17, 15) is 9.59 Å². The van der Waals surface area contributed by atoms with E-state index >= 15 is 0 Å². The molecule has 1 heterocycles. The van der Waals surface area contributed by atoms with Crippen LogP contribution in [0.2, 0.25) is 0 Å².